The number of ether oxygens (including phenoxy) is 2. The van der Waals surface area contributed by atoms with Crippen LogP contribution in [0.5, 0.6) is 0 Å². The summed E-state index contributed by atoms with van der Waals surface area (Å²) < 4.78 is 27.4. The second-order valence-electron chi connectivity index (χ2n) is 9.54. The Morgan fingerprint density at radius 1 is 1.10 bits per heavy atom. The third kappa shape index (κ3) is 7.01. The van der Waals surface area contributed by atoms with Crippen molar-refractivity contribution in [3.8, 4) is 16.9 Å². The molecule has 1 amide bonds. The second-order valence-corrected chi connectivity index (χ2v) is 10.5. The van der Waals surface area contributed by atoms with Crippen LogP contribution in [0.4, 0.5) is 10.1 Å². The van der Waals surface area contributed by atoms with Crippen molar-refractivity contribution < 1.29 is 23.5 Å². The number of nitrogens with one attached hydrogen (secondary N) is 1. The summed E-state index contributed by atoms with van der Waals surface area (Å²) >= 11 is 3.46. The van der Waals surface area contributed by atoms with Gasteiger partial charge in [0.15, 0.2) is 6.23 Å². The van der Waals surface area contributed by atoms with E-state index in [9.17, 15) is 14.0 Å². The van der Waals surface area contributed by atoms with Crippen LogP contribution in [0.15, 0.2) is 83.5 Å². The van der Waals surface area contributed by atoms with E-state index in [1.165, 1.54) is 12.1 Å². The number of rotatable bonds is 11. The van der Waals surface area contributed by atoms with Crippen LogP contribution in [-0.2, 0) is 25.5 Å². The Hall–Kier alpha value is -4.02. The zero-order chi connectivity index (χ0) is 28.8. The fourth-order valence-corrected chi connectivity index (χ4v) is 4.92. The zero-order valence-corrected chi connectivity index (χ0v) is 24.1. The predicted octanol–water partition coefficient (Wildman–Crippen LogP) is 5.91. The monoisotopic (exact) mass is 620 g/mol. The van der Waals surface area contributed by atoms with E-state index in [-0.39, 0.29) is 24.3 Å². The fraction of sp³-hybridized carbons (Fsp3) is 0.258. The predicted molar refractivity (Wildman–Crippen MR) is 157 cm³/mol. The number of nitrogens with zero attached hydrogens (tertiary/aromatic N) is 3. The normalized spacial score (nSPS) is 14.9. The summed E-state index contributed by atoms with van der Waals surface area (Å²) in [5.41, 5.74) is 4.88. The lowest BCUT2D eigenvalue weighted by atomic mass is 10.1. The molecule has 1 N–H and O–H groups in total. The van der Waals surface area contributed by atoms with Gasteiger partial charge in [-0.05, 0) is 79.6 Å². The largest absolute Gasteiger partial charge is 0.466 e. The summed E-state index contributed by atoms with van der Waals surface area (Å²) in [5.74, 6) is -0.667. The van der Waals surface area contributed by atoms with Crippen LogP contribution < -0.4 is 5.32 Å². The van der Waals surface area contributed by atoms with Crippen molar-refractivity contribution >= 4 is 33.5 Å². The molecule has 1 saturated heterocycles. The lowest BCUT2D eigenvalue weighted by Gasteiger charge is -2.23. The van der Waals surface area contributed by atoms with E-state index in [4.69, 9.17) is 14.6 Å². The van der Waals surface area contributed by atoms with E-state index in [2.05, 4.69) is 21.2 Å². The molecule has 212 valence electrons. The lowest BCUT2D eigenvalue weighted by molar-refractivity contribution is -0.142. The summed E-state index contributed by atoms with van der Waals surface area (Å²) in [7, 11) is 0. The number of hydrogen-bond acceptors (Lipinski definition) is 6. The molecule has 41 heavy (non-hydrogen) atoms. The Kier molecular flexibility index (Phi) is 9.11. The van der Waals surface area contributed by atoms with Crippen LogP contribution >= 0.6 is 15.9 Å². The molecule has 5 rings (SSSR count). The second kappa shape index (κ2) is 13.1. The molecule has 1 aliphatic rings. The molecule has 2 heterocycles. The molecule has 10 heteroatoms. The summed E-state index contributed by atoms with van der Waals surface area (Å²) in [6.45, 7) is 3.07. The maximum absolute atomic E-state index is 13.7. The van der Waals surface area contributed by atoms with E-state index in [0.717, 1.165) is 32.5 Å². The molecule has 1 atom stereocenters. The SMILES string of the molecule is CCOC(=O)CCNc1ccc(CCN2C(=O)COC2c2cn(-c3ccc(Br)cc3)nc2-c2ccc(F)cc2)cc1. The number of carbonyl (C=O) groups excluding carboxylic acids is 2. The molecule has 1 unspecified atom stereocenters. The Morgan fingerprint density at radius 2 is 1.83 bits per heavy atom. The minimum atomic E-state index is -0.629. The summed E-state index contributed by atoms with van der Waals surface area (Å²) in [6, 6.07) is 21.8. The molecule has 0 bridgehead atoms. The van der Waals surface area contributed by atoms with Crippen molar-refractivity contribution in [2.75, 3.05) is 31.6 Å². The van der Waals surface area contributed by atoms with E-state index in [1.807, 2.05) is 54.7 Å². The molecular formula is C31H30BrFN4O4. The van der Waals surface area contributed by atoms with Gasteiger partial charge in [-0.15, -0.1) is 0 Å². The summed E-state index contributed by atoms with van der Waals surface area (Å²) in [5, 5.41) is 8.03. The number of esters is 1. The van der Waals surface area contributed by atoms with Gasteiger partial charge in [0, 0.05) is 40.6 Å². The van der Waals surface area contributed by atoms with E-state index in [1.54, 1.807) is 28.6 Å². The fourth-order valence-electron chi connectivity index (χ4n) is 4.66. The highest BCUT2D eigenvalue weighted by Gasteiger charge is 2.36. The quantitative estimate of drug-likeness (QED) is 0.210. The van der Waals surface area contributed by atoms with Gasteiger partial charge in [-0.1, -0.05) is 28.1 Å². The summed E-state index contributed by atoms with van der Waals surface area (Å²) in [4.78, 5) is 26.2. The van der Waals surface area contributed by atoms with Crippen LogP contribution in [0.3, 0.4) is 0 Å². The number of amides is 1. The lowest BCUT2D eigenvalue weighted by Crippen LogP contribution is -2.30. The maximum atomic E-state index is 13.7. The standard InChI is InChI=1S/C31H30BrFN4O4/c1-2-40-29(39)15-17-34-25-11-3-21(4-12-25)16-18-36-28(38)20-41-31(36)27-19-37(26-13-7-23(32)8-14-26)35-30(27)22-5-9-24(33)10-6-22/h3-14,19,31,34H,2,15-18,20H2,1H3. The van der Waals surface area contributed by atoms with Gasteiger partial charge in [0.25, 0.3) is 5.91 Å². The van der Waals surface area contributed by atoms with Gasteiger partial charge in [0.1, 0.15) is 18.1 Å². The Balaban J connectivity index is 1.32. The number of halogens is 2. The van der Waals surface area contributed by atoms with Crippen LogP contribution in [0, 0.1) is 5.82 Å². The van der Waals surface area contributed by atoms with E-state index in [0.29, 0.717) is 38.2 Å². The third-order valence-corrected chi connectivity index (χ3v) is 7.27. The third-order valence-electron chi connectivity index (χ3n) is 6.74. The van der Waals surface area contributed by atoms with Gasteiger partial charge >= 0.3 is 5.97 Å². The molecule has 3 aromatic carbocycles. The average Bonchev–Trinajstić information content (AvgIpc) is 3.57. The van der Waals surface area contributed by atoms with Gasteiger partial charge in [-0.2, -0.15) is 5.10 Å². The molecule has 0 radical (unpaired) electrons. The molecule has 1 fully saturated rings. The Labute approximate surface area is 246 Å². The van der Waals surface area contributed by atoms with Gasteiger partial charge < -0.3 is 19.7 Å². The van der Waals surface area contributed by atoms with Crippen molar-refractivity contribution in [2.24, 2.45) is 0 Å². The van der Waals surface area contributed by atoms with E-state index < -0.39 is 6.23 Å². The van der Waals surface area contributed by atoms with Crippen LogP contribution in [0.25, 0.3) is 16.9 Å². The van der Waals surface area contributed by atoms with Crippen molar-refractivity contribution in [1.82, 2.24) is 14.7 Å². The topological polar surface area (TPSA) is 85.7 Å². The first-order chi connectivity index (χ1) is 19.9. The van der Waals surface area contributed by atoms with Crippen LogP contribution in [-0.4, -0.2) is 52.9 Å². The number of carbonyl (C=O) groups is 2. The molecule has 0 spiro atoms. The van der Waals surface area contributed by atoms with Gasteiger partial charge in [0.05, 0.1) is 18.7 Å². The highest BCUT2D eigenvalue weighted by molar-refractivity contribution is 9.10. The number of benzene rings is 3. The Morgan fingerprint density at radius 3 is 2.54 bits per heavy atom. The number of hydrogen-bond donors (Lipinski definition) is 1. The highest BCUT2D eigenvalue weighted by Crippen LogP contribution is 2.35. The summed E-state index contributed by atoms with van der Waals surface area (Å²) in [6.07, 6.45) is 2.17. The van der Waals surface area contributed by atoms with Gasteiger partial charge in [0.2, 0.25) is 0 Å². The first kappa shape index (κ1) is 28.5. The number of anilines is 1. The molecule has 1 aliphatic heterocycles. The van der Waals surface area contributed by atoms with Crippen molar-refractivity contribution in [1.29, 1.82) is 0 Å². The molecule has 0 saturated carbocycles. The molecule has 4 aromatic rings. The average molecular weight is 622 g/mol. The van der Waals surface area contributed by atoms with Gasteiger partial charge in [-0.3, -0.25) is 9.59 Å². The van der Waals surface area contributed by atoms with Crippen LogP contribution in [0.1, 0.15) is 30.7 Å². The molecule has 8 nitrogen and oxygen atoms in total. The van der Waals surface area contributed by atoms with Crippen molar-refractivity contribution in [3.05, 3.63) is 100 Å². The minimum Gasteiger partial charge on any atom is -0.466 e. The first-order valence-electron chi connectivity index (χ1n) is 13.4. The maximum Gasteiger partial charge on any atom is 0.307 e. The first-order valence-corrected chi connectivity index (χ1v) is 14.2. The molecular weight excluding hydrogens is 591 g/mol. The Bertz CT molecular complexity index is 1490. The van der Waals surface area contributed by atoms with Crippen molar-refractivity contribution in [3.63, 3.8) is 0 Å². The molecule has 0 aliphatic carbocycles. The number of aromatic nitrogens is 2. The molecule has 1 aromatic heterocycles. The van der Waals surface area contributed by atoms with Crippen LogP contribution in [0.2, 0.25) is 0 Å². The minimum absolute atomic E-state index is 0.0275. The smallest absolute Gasteiger partial charge is 0.307 e. The highest BCUT2D eigenvalue weighted by atomic mass is 79.9. The van der Waals surface area contributed by atoms with Gasteiger partial charge in [-0.25, -0.2) is 9.07 Å². The zero-order valence-electron chi connectivity index (χ0n) is 22.6. The van der Waals surface area contributed by atoms with E-state index >= 15 is 0 Å². The van der Waals surface area contributed by atoms with Crippen molar-refractivity contribution in [2.45, 2.75) is 26.0 Å².